The summed E-state index contributed by atoms with van der Waals surface area (Å²) < 4.78 is 4.50. The summed E-state index contributed by atoms with van der Waals surface area (Å²) in [6, 6.07) is 0. The quantitative estimate of drug-likeness (QED) is 0.0662. The van der Waals surface area contributed by atoms with Gasteiger partial charge in [-0.3, -0.25) is 0 Å². The number of aliphatic hydroxyl groups excluding tert-OH is 3. The summed E-state index contributed by atoms with van der Waals surface area (Å²) in [5.41, 5.74) is 0. The Balaban J connectivity index is 0. The smallest absolute Gasteiger partial charge is 0.0701 e. The van der Waals surface area contributed by atoms with Crippen molar-refractivity contribution in [3.63, 3.8) is 0 Å². The molecule has 0 spiro atoms. The molecule has 0 saturated carbocycles. The summed E-state index contributed by atoms with van der Waals surface area (Å²) in [5, 5.41) is 37.2. The second-order valence-electron chi connectivity index (χ2n) is 9.36. The van der Waals surface area contributed by atoms with Crippen molar-refractivity contribution < 1.29 is 20.1 Å². The lowest BCUT2D eigenvalue weighted by Crippen LogP contribution is -2.35. The van der Waals surface area contributed by atoms with E-state index in [0.717, 1.165) is 124 Å². The van der Waals surface area contributed by atoms with Crippen molar-refractivity contribution in [3.05, 3.63) is 0 Å². The van der Waals surface area contributed by atoms with Gasteiger partial charge in [-0.05, 0) is 104 Å². The Labute approximate surface area is 235 Å². The van der Waals surface area contributed by atoms with Crippen molar-refractivity contribution in [2.24, 2.45) is 0 Å². The van der Waals surface area contributed by atoms with E-state index in [0.29, 0.717) is 0 Å². The second kappa shape index (κ2) is 34.6. The average molecular weight is 551 g/mol. The van der Waals surface area contributed by atoms with Crippen LogP contribution in [0.5, 0.6) is 0 Å². The molecule has 10 nitrogen and oxygen atoms in total. The fourth-order valence-electron chi connectivity index (χ4n) is 3.81. The zero-order valence-corrected chi connectivity index (χ0v) is 25.6. The lowest BCUT2D eigenvalue weighted by molar-refractivity contribution is 0.160. The van der Waals surface area contributed by atoms with Crippen LogP contribution in [0.15, 0.2) is 0 Å². The van der Waals surface area contributed by atoms with Gasteiger partial charge in [0.15, 0.2) is 0 Å². The number of hydrogen-bond acceptors (Lipinski definition) is 10. The molecule has 1 heterocycles. The molecule has 0 unspecified atom stereocenters. The van der Waals surface area contributed by atoms with Gasteiger partial charge in [-0.1, -0.05) is 27.7 Å². The minimum Gasteiger partial charge on any atom is -0.395 e. The van der Waals surface area contributed by atoms with E-state index < -0.39 is 0 Å². The summed E-state index contributed by atoms with van der Waals surface area (Å²) in [7, 11) is 0. The molecule has 232 valence electrons. The number of nitrogens with one attached hydrogen (secondary N) is 3. The van der Waals surface area contributed by atoms with E-state index in [4.69, 9.17) is 10.2 Å². The van der Waals surface area contributed by atoms with Crippen LogP contribution in [0.2, 0.25) is 0 Å². The first-order valence-electron chi connectivity index (χ1n) is 15.3. The Morgan fingerprint density at radius 1 is 0.500 bits per heavy atom. The Morgan fingerprint density at radius 3 is 1.16 bits per heavy atom. The van der Waals surface area contributed by atoms with Crippen LogP contribution in [0.3, 0.4) is 0 Å². The molecule has 1 fully saturated rings. The molecule has 1 rings (SSSR count). The van der Waals surface area contributed by atoms with Gasteiger partial charge in [0.2, 0.25) is 0 Å². The maximum atomic E-state index is 9.19. The molecule has 0 atom stereocenters. The first-order chi connectivity index (χ1) is 18.6. The highest BCUT2D eigenvalue weighted by atomic mass is 16.6. The Kier molecular flexibility index (Phi) is 36.2. The molecule has 0 aromatic carbocycles. The van der Waals surface area contributed by atoms with Crippen molar-refractivity contribution in [3.8, 4) is 0 Å². The number of rotatable bonds is 26. The van der Waals surface area contributed by atoms with Gasteiger partial charge in [-0.15, -0.1) is 0 Å². The number of hydrogen-bond donors (Lipinski definition) is 6. The number of nitrogens with zero attached hydrogens (tertiary/aromatic N) is 3. The average Bonchev–Trinajstić information content (AvgIpc) is 3.81. The summed E-state index contributed by atoms with van der Waals surface area (Å²) >= 11 is 0. The van der Waals surface area contributed by atoms with E-state index in [1.165, 1.54) is 12.8 Å². The minimum atomic E-state index is 0.197. The zero-order chi connectivity index (χ0) is 28.5. The Hall–Kier alpha value is -0.400. The van der Waals surface area contributed by atoms with Crippen molar-refractivity contribution in [2.45, 2.75) is 53.4 Å². The minimum absolute atomic E-state index is 0.197. The molecule has 0 aromatic rings. The summed E-state index contributed by atoms with van der Waals surface area (Å²) in [5.74, 6) is 0. The summed E-state index contributed by atoms with van der Waals surface area (Å²) in [6.45, 7) is 25.9. The molecule has 0 amide bonds. The lowest BCUT2D eigenvalue weighted by Gasteiger charge is -2.25. The molecular weight excluding hydrogens is 484 g/mol. The fraction of sp³-hybridized carbons (Fsp3) is 1.00. The second-order valence-corrected chi connectivity index (χ2v) is 9.36. The summed E-state index contributed by atoms with van der Waals surface area (Å²) in [6.07, 6.45) is 4.58. The molecule has 1 aliphatic rings. The third-order valence-corrected chi connectivity index (χ3v) is 6.16. The molecule has 1 saturated heterocycles. The van der Waals surface area contributed by atoms with Crippen LogP contribution in [-0.2, 0) is 4.74 Å². The normalized spacial score (nSPS) is 12.5. The van der Waals surface area contributed by atoms with Crippen molar-refractivity contribution >= 4 is 0 Å². The highest BCUT2D eigenvalue weighted by Gasteiger charge is 2.08. The third kappa shape index (κ3) is 33.6. The molecular formula is C28H66N6O4. The highest BCUT2D eigenvalue weighted by molar-refractivity contribution is 4.63. The number of epoxide rings is 1. The Bertz CT molecular complexity index is 392. The van der Waals surface area contributed by atoms with E-state index in [1.807, 2.05) is 0 Å². The highest BCUT2D eigenvalue weighted by Crippen LogP contribution is 1.99. The molecule has 0 aromatic heterocycles. The molecule has 1 aliphatic heterocycles. The maximum absolute atomic E-state index is 9.19. The van der Waals surface area contributed by atoms with E-state index in [1.54, 1.807) is 0 Å². The van der Waals surface area contributed by atoms with Crippen molar-refractivity contribution in [2.75, 3.05) is 131 Å². The van der Waals surface area contributed by atoms with Gasteiger partial charge >= 0.3 is 0 Å². The standard InChI is InChI=1S/C16H37N3O3.C10H25N3.C2H4O/c1-3-17(11-14-20)7-5-9-19(13-16-22)10-6-8-18(4-2)12-15-21;1-3-11-7-5-9-13-10-6-8-12-4-2;1-2-3-1/h20-22H,3-16H2,1-2H3;11-13H,3-10H2,1-2H3;1-2H2. The molecule has 0 radical (unpaired) electrons. The first-order valence-corrected chi connectivity index (χ1v) is 15.3. The van der Waals surface area contributed by atoms with Gasteiger partial charge in [-0.25, -0.2) is 0 Å². The first kappa shape index (κ1) is 39.7. The van der Waals surface area contributed by atoms with Crippen LogP contribution >= 0.6 is 0 Å². The van der Waals surface area contributed by atoms with Crippen LogP contribution in [0, 0.1) is 0 Å². The van der Waals surface area contributed by atoms with Gasteiger partial charge in [-0.2, -0.15) is 0 Å². The molecule has 0 bridgehead atoms. The van der Waals surface area contributed by atoms with Gasteiger partial charge in [0.1, 0.15) is 0 Å². The zero-order valence-electron chi connectivity index (χ0n) is 25.6. The van der Waals surface area contributed by atoms with Gasteiger partial charge < -0.3 is 50.7 Å². The van der Waals surface area contributed by atoms with Crippen molar-refractivity contribution in [1.29, 1.82) is 0 Å². The largest absolute Gasteiger partial charge is 0.395 e. The maximum Gasteiger partial charge on any atom is 0.0701 e. The van der Waals surface area contributed by atoms with Gasteiger partial charge in [0, 0.05) is 19.6 Å². The van der Waals surface area contributed by atoms with Crippen LogP contribution < -0.4 is 16.0 Å². The molecule has 10 heteroatoms. The third-order valence-electron chi connectivity index (χ3n) is 6.16. The summed E-state index contributed by atoms with van der Waals surface area (Å²) in [4.78, 5) is 6.80. The van der Waals surface area contributed by atoms with E-state index in [9.17, 15) is 5.11 Å². The van der Waals surface area contributed by atoms with E-state index in [-0.39, 0.29) is 19.8 Å². The van der Waals surface area contributed by atoms with E-state index >= 15 is 0 Å². The Morgan fingerprint density at radius 2 is 0.842 bits per heavy atom. The number of aliphatic hydroxyl groups is 3. The van der Waals surface area contributed by atoms with Crippen LogP contribution in [0.1, 0.15) is 53.4 Å². The van der Waals surface area contributed by atoms with Crippen molar-refractivity contribution in [1.82, 2.24) is 30.7 Å². The van der Waals surface area contributed by atoms with Gasteiger partial charge in [0.25, 0.3) is 0 Å². The van der Waals surface area contributed by atoms with Crippen LogP contribution in [0.25, 0.3) is 0 Å². The topological polar surface area (TPSA) is 119 Å². The number of likely N-dealkylation sites (N-methyl/N-ethyl adjacent to an activating group) is 2. The molecule has 38 heavy (non-hydrogen) atoms. The van der Waals surface area contributed by atoms with E-state index in [2.05, 4.69) is 63.1 Å². The number of ether oxygens (including phenoxy) is 1. The SMILES string of the molecule is C1CO1.CCN(CCO)CCCN(CCO)CCCN(CC)CCO.CCNCCCNCCCNCC. The predicted molar refractivity (Wildman–Crippen MR) is 161 cm³/mol. The predicted octanol–water partition coefficient (Wildman–Crippen LogP) is 0.281. The van der Waals surface area contributed by atoms with Crippen LogP contribution in [-0.4, -0.2) is 161 Å². The van der Waals surface area contributed by atoms with Gasteiger partial charge in [0.05, 0.1) is 33.0 Å². The molecule has 0 aliphatic carbocycles. The fourth-order valence-corrected chi connectivity index (χ4v) is 3.81. The van der Waals surface area contributed by atoms with Crippen LogP contribution in [0.4, 0.5) is 0 Å². The lowest BCUT2D eigenvalue weighted by atomic mass is 10.3. The molecule has 6 N–H and O–H groups in total. The monoisotopic (exact) mass is 551 g/mol.